The summed E-state index contributed by atoms with van der Waals surface area (Å²) in [5, 5.41) is 8.22. The van der Waals surface area contributed by atoms with E-state index in [1.807, 2.05) is 35.1 Å². The first-order valence-electron chi connectivity index (χ1n) is 7.21. The summed E-state index contributed by atoms with van der Waals surface area (Å²) in [6, 6.07) is 14.8. The van der Waals surface area contributed by atoms with E-state index in [0.29, 0.717) is 10.7 Å². The largest absolute Gasteiger partial charge is 0.272 e. The lowest BCUT2D eigenvalue weighted by atomic mass is 10.2. The van der Waals surface area contributed by atoms with Crippen LogP contribution in [0.2, 0.25) is 5.02 Å². The van der Waals surface area contributed by atoms with E-state index in [9.17, 15) is 13.2 Å². The van der Waals surface area contributed by atoms with Crippen LogP contribution in [0, 0.1) is 0 Å². The van der Waals surface area contributed by atoms with Gasteiger partial charge in [-0.15, -0.1) is 5.10 Å². The number of nitrogens with one attached hydrogen (secondary N) is 1. The Morgan fingerprint density at radius 1 is 1.08 bits per heavy atom. The van der Waals surface area contributed by atoms with E-state index in [2.05, 4.69) is 10.3 Å². The van der Waals surface area contributed by atoms with E-state index < -0.39 is 15.9 Å². The van der Waals surface area contributed by atoms with Gasteiger partial charge < -0.3 is 0 Å². The topological polar surface area (TPSA) is 93.9 Å². The van der Waals surface area contributed by atoms with Crippen molar-refractivity contribution in [2.24, 2.45) is 0 Å². The number of carbonyl (C=O) groups is 1. The third-order valence-corrected chi connectivity index (χ3v) is 4.93. The lowest BCUT2D eigenvalue weighted by Crippen LogP contribution is -2.33. The van der Waals surface area contributed by atoms with Gasteiger partial charge in [0.2, 0.25) is 0 Å². The van der Waals surface area contributed by atoms with Gasteiger partial charge in [0.15, 0.2) is 0 Å². The van der Waals surface area contributed by atoms with Crippen LogP contribution in [-0.2, 0) is 21.4 Å². The molecule has 0 bridgehead atoms. The fourth-order valence-corrected chi connectivity index (χ4v) is 3.22. The van der Waals surface area contributed by atoms with Gasteiger partial charge in [-0.25, -0.2) is 17.8 Å². The van der Waals surface area contributed by atoms with Gasteiger partial charge in [0.25, 0.3) is 15.9 Å². The Labute approximate surface area is 149 Å². The Balaban J connectivity index is 1.69. The standard InChI is InChI=1S/C16H13ClN4O3S/c17-13-6-8-14(9-7-13)25(23,24)19-16(22)11-21-10-15(18-20-21)12-4-2-1-3-5-12/h1-10H,11H2,(H,19,22). The fraction of sp³-hybridized carbons (Fsp3) is 0.0625. The molecule has 3 aromatic rings. The molecule has 0 saturated heterocycles. The summed E-state index contributed by atoms with van der Waals surface area (Å²) >= 11 is 5.73. The van der Waals surface area contributed by atoms with Crippen LogP contribution in [0.3, 0.4) is 0 Å². The maximum Gasteiger partial charge on any atom is 0.264 e. The third-order valence-electron chi connectivity index (χ3n) is 3.29. The van der Waals surface area contributed by atoms with Crippen molar-refractivity contribution in [3.05, 3.63) is 65.8 Å². The second kappa shape index (κ2) is 7.04. The second-order valence-electron chi connectivity index (χ2n) is 5.15. The van der Waals surface area contributed by atoms with E-state index in [1.165, 1.54) is 28.9 Å². The number of rotatable bonds is 5. The summed E-state index contributed by atoms with van der Waals surface area (Å²) in [6.07, 6.45) is 1.57. The highest BCUT2D eigenvalue weighted by Gasteiger charge is 2.18. The SMILES string of the molecule is O=C(Cn1cc(-c2ccccc2)nn1)NS(=O)(=O)c1ccc(Cl)cc1. The number of hydrogen-bond donors (Lipinski definition) is 1. The van der Waals surface area contributed by atoms with E-state index >= 15 is 0 Å². The van der Waals surface area contributed by atoms with Gasteiger partial charge in [-0.3, -0.25) is 4.79 Å². The maximum atomic E-state index is 12.2. The highest BCUT2D eigenvalue weighted by molar-refractivity contribution is 7.90. The molecule has 7 nitrogen and oxygen atoms in total. The predicted molar refractivity (Wildman–Crippen MR) is 92.2 cm³/mol. The molecule has 0 aliphatic carbocycles. The lowest BCUT2D eigenvalue weighted by Gasteiger charge is -2.06. The first-order valence-corrected chi connectivity index (χ1v) is 9.07. The molecule has 0 unspecified atom stereocenters. The molecule has 0 saturated carbocycles. The molecule has 3 rings (SSSR count). The molecule has 0 fully saturated rings. The first kappa shape index (κ1) is 17.1. The van der Waals surface area contributed by atoms with Gasteiger partial charge in [0, 0.05) is 10.6 Å². The van der Waals surface area contributed by atoms with Gasteiger partial charge in [0.1, 0.15) is 12.2 Å². The highest BCUT2D eigenvalue weighted by atomic mass is 35.5. The number of carbonyl (C=O) groups excluding carboxylic acids is 1. The molecule has 0 spiro atoms. The van der Waals surface area contributed by atoms with Crippen LogP contribution in [0.15, 0.2) is 65.7 Å². The Bertz CT molecular complexity index is 986. The van der Waals surface area contributed by atoms with Gasteiger partial charge in [0.05, 0.1) is 11.1 Å². The second-order valence-corrected chi connectivity index (χ2v) is 7.27. The third kappa shape index (κ3) is 4.23. The number of benzene rings is 2. The molecule has 1 aromatic heterocycles. The van der Waals surface area contributed by atoms with Crippen LogP contribution in [-0.4, -0.2) is 29.3 Å². The smallest absolute Gasteiger partial charge is 0.264 e. The number of sulfonamides is 1. The van der Waals surface area contributed by atoms with Gasteiger partial charge in [-0.05, 0) is 24.3 Å². The molecular weight excluding hydrogens is 364 g/mol. The number of hydrogen-bond acceptors (Lipinski definition) is 5. The summed E-state index contributed by atoms with van der Waals surface area (Å²) in [5.41, 5.74) is 1.44. The summed E-state index contributed by atoms with van der Waals surface area (Å²) in [7, 11) is -3.96. The Morgan fingerprint density at radius 2 is 1.76 bits per heavy atom. The summed E-state index contributed by atoms with van der Waals surface area (Å²) in [4.78, 5) is 12.0. The maximum absolute atomic E-state index is 12.2. The number of amides is 1. The summed E-state index contributed by atoms with van der Waals surface area (Å²) in [6.45, 7) is -0.271. The minimum absolute atomic E-state index is 0.0474. The molecule has 128 valence electrons. The first-order chi connectivity index (χ1) is 11.9. The van der Waals surface area contributed by atoms with E-state index in [0.717, 1.165) is 5.56 Å². The van der Waals surface area contributed by atoms with Gasteiger partial charge >= 0.3 is 0 Å². The van der Waals surface area contributed by atoms with Crippen molar-refractivity contribution in [3.63, 3.8) is 0 Å². The van der Waals surface area contributed by atoms with Crippen molar-refractivity contribution >= 4 is 27.5 Å². The van der Waals surface area contributed by atoms with Crippen LogP contribution in [0.1, 0.15) is 0 Å². The zero-order valence-electron chi connectivity index (χ0n) is 12.8. The predicted octanol–water partition coefficient (Wildman–Crippen LogP) is 2.10. The molecule has 1 heterocycles. The molecule has 1 amide bonds. The van der Waals surface area contributed by atoms with Crippen molar-refractivity contribution in [1.29, 1.82) is 0 Å². The quantitative estimate of drug-likeness (QED) is 0.736. The molecule has 25 heavy (non-hydrogen) atoms. The Hall–Kier alpha value is -2.71. The van der Waals surface area contributed by atoms with Crippen LogP contribution in [0.25, 0.3) is 11.3 Å². The van der Waals surface area contributed by atoms with Crippen molar-refractivity contribution in [3.8, 4) is 11.3 Å². The van der Waals surface area contributed by atoms with Crippen molar-refractivity contribution in [2.45, 2.75) is 11.4 Å². The summed E-state index contributed by atoms with van der Waals surface area (Å²) in [5.74, 6) is -0.723. The zero-order valence-corrected chi connectivity index (χ0v) is 14.4. The van der Waals surface area contributed by atoms with Crippen molar-refractivity contribution < 1.29 is 13.2 Å². The number of nitrogens with zero attached hydrogens (tertiary/aromatic N) is 3. The average molecular weight is 377 g/mol. The molecular formula is C16H13ClN4O3S. The van der Waals surface area contributed by atoms with Gasteiger partial charge in [-0.1, -0.05) is 47.1 Å². The van der Waals surface area contributed by atoms with E-state index in [-0.39, 0.29) is 11.4 Å². The molecule has 0 radical (unpaired) electrons. The summed E-state index contributed by atoms with van der Waals surface area (Å²) < 4.78 is 27.6. The Morgan fingerprint density at radius 3 is 2.44 bits per heavy atom. The van der Waals surface area contributed by atoms with Crippen LogP contribution < -0.4 is 4.72 Å². The minimum Gasteiger partial charge on any atom is -0.272 e. The molecule has 0 aliphatic rings. The van der Waals surface area contributed by atoms with E-state index in [4.69, 9.17) is 11.6 Å². The van der Waals surface area contributed by atoms with Crippen LogP contribution in [0.4, 0.5) is 0 Å². The minimum atomic E-state index is -3.96. The van der Waals surface area contributed by atoms with E-state index in [1.54, 1.807) is 6.20 Å². The van der Waals surface area contributed by atoms with Gasteiger partial charge in [-0.2, -0.15) is 0 Å². The molecule has 0 aliphatic heterocycles. The monoisotopic (exact) mass is 376 g/mol. The zero-order chi connectivity index (χ0) is 17.9. The lowest BCUT2D eigenvalue weighted by molar-refractivity contribution is -0.120. The molecule has 0 atom stereocenters. The van der Waals surface area contributed by atoms with Crippen molar-refractivity contribution in [1.82, 2.24) is 19.7 Å². The molecule has 1 N–H and O–H groups in total. The highest BCUT2D eigenvalue weighted by Crippen LogP contribution is 2.15. The normalized spacial score (nSPS) is 11.2. The van der Waals surface area contributed by atoms with Crippen LogP contribution >= 0.6 is 11.6 Å². The Kier molecular flexibility index (Phi) is 4.82. The fourth-order valence-electron chi connectivity index (χ4n) is 2.12. The number of aromatic nitrogens is 3. The molecule has 2 aromatic carbocycles. The number of halogens is 1. The average Bonchev–Trinajstić information content (AvgIpc) is 3.04. The molecule has 9 heteroatoms. The van der Waals surface area contributed by atoms with Crippen LogP contribution in [0.5, 0.6) is 0 Å². The van der Waals surface area contributed by atoms with Crippen molar-refractivity contribution in [2.75, 3.05) is 0 Å².